The molecule has 2 aromatic carbocycles. The summed E-state index contributed by atoms with van der Waals surface area (Å²) in [5.74, 6) is -1.79. The summed E-state index contributed by atoms with van der Waals surface area (Å²) >= 11 is 0. The standard InChI is InChI=1S/C24H24N2O5/c1-13-6-5-7-14(2)26(13)19(27)12-31-24(30)18-11-10-17-20(21(18)25)23(29)16-9-4-3-8-15(16)22(17)28/h3-4,8-11,13-14H,5-7,12,25H2,1-2H3/t13-,14+. The fraction of sp³-hybridized carbons (Fsp3) is 0.333. The Bertz CT molecular complexity index is 1100. The number of hydrogen-bond acceptors (Lipinski definition) is 6. The quantitative estimate of drug-likeness (QED) is 0.516. The molecule has 0 radical (unpaired) electrons. The Morgan fingerprint density at radius 1 is 0.968 bits per heavy atom. The molecule has 1 aliphatic heterocycles. The number of nitrogens with zero attached hydrogens (tertiary/aromatic N) is 1. The molecule has 0 aromatic heterocycles. The van der Waals surface area contributed by atoms with Crippen molar-refractivity contribution in [2.45, 2.75) is 45.2 Å². The van der Waals surface area contributed by atoms with Gasteiger partial charge >= 0.3 is 5.97 Å². The van der Waals surface area contributed by atoms with Gasteiger partial charge in [0.15, 0.2) is 18.2 Å². The molecule has 0 saturated carbocycles. The molecule has 1 saturated heterocycles. The molecule has 7 heteroatoms. The Kier molecular flexibility index (Phi) is 5.35. The van der Waals surface area contributed by atoms with Crippen LogP contribution in [0.5, 0.6) is 0 Å². The third-order valence-electron chi connectivity index (χ3n) is 6.16. The number of carbonyl (C=O) groups is 4. The number of ether oxygens (including phenoxy) is 1. The molecule has 0 unspecified atom stereocenters. The monoisotopic (exact) mass is 420 g/mol. The molecule has 1 amide bonds. The van der Waals surface area contributed by atoms with E-state index in [4.69, 9.17) is 10.5 Å². The van der Waals surface area contributed by atoms with Gasteiger partial charge in [-0.05, 0) is 45.2 Å². The summed E-state index contributed by atoms with van der Waals surface area (Å²) in [5, 5.41) is 0. The normalized spacial score (nSPS) is 20.1. The molecule has 1 fully saturated rings. The summed E-state index contributed by atoms with van der Waals surface area (Å²) in [4.78, 5) is 52.8. The number of piperidine rings is 1. The van der Waals surface area contributed by atoms with Crippen LogP contribution in [0.3, 0.4) is 0 Å². The van der Waals surface area contributed by atoms with Gasteiger partial charge in [-0.1, -0.05) is 24.3 Å². The lowest BCUT2D eigenvalue weighted by Crippen LogP contribution is -2.49. The van der Waals surface area contributed by atoms with Crippen molar-refractivity contribution in [2.24, 2.45) is 0 Å². The highest BCUT2D eigenvalue weighted by atomic mass is 16.5. The van der Waals surface area contributed by atoms with Crippen LogP contribution < -0.4 is 5.73 Å². The number of benzene rings is 2. The molecule has 2 atom stereocenters. The Hall–Kier alpha value is -3.48. The van der Waals surface area contributed by atoms with Crippen LogP contribution in [0, 0.1) is 0 Å². The number of carbonyl (C=O) groups excluding carboxylic acids is 4. The predicted molar refractivity (Wildman–Crippen MR) is 114 cm³/mol. The molecule has 7 nitrogen and oxygen atoms in total. The second-order valence-corrected chi connectivity index (χ2v) is 8.16. The first-order chi connectivity index (χ1) is 14.8. The minimum Gasteiger partial charge on any atom is -0.452 e. The summed E-state index contributed by atoms with van der Waals surface area (Å²) in [7, 11) is 0. The molecule has 2 N–H and O–H groups in total. The number of esters is 1. The van der Waals surface area contributed by atoms with Crippen molar-refractivity contribution in [3.8, 4) is 0 Å². The largest absolute Gasteiger partial charge is 0.452 e. The van der Waals surface area contributed by atoms with Crippen LogP contribution in [-0.2, 0) is 9.53 Å². The highest BCUT2D eigenvalue weighted by Crippen LogP contribution is 2.33. The van der Waals surface area contributed by atoms with Crippen molar-refractivity contribution in [3.63, 3.8) is 0 Å². The van der Waals surface area contributed by atoms with Crippen molar-refractivity contribution in [3.05, 3.63) is 64.2 Å². The average molecular weight is 420 g/mol. The van der Waals surface area contributed by atoms with E-state index in [1.807, 2.05) is 13.8 Å². The van der Waals surface area contributed by atoms with Gasteiger partial charge in [-0.3, -0.25) is 14.4 Å². The number of rotatable bonds is 3. The molecular formula is C24H24N2O5. The van der Waals surface area contributed by atoms with E-state index in [1.165, 1.54) is 12.1 Å². The van der Waals surface area contributed by atoms with E-state index in [-0.39, 0.29) is 51.7 Å². The van der Waals surface area contributed by atoms with E-state index in [2.05, 4.69) is 0 Å². The Balaban J connectivity index is 1.56. The van der Waals surface area contributed by atoms with Gasteiger partial charge in [0.1, 0.15) is 0 Å². The Morgan fingerprint density at radius 3 is 2.23 bits per heavy atom. The second kappa shape index (κ2) is 7.98. The number of fused-ring (bicyclic) bond motifs is 2. The number of ketones is 2. The van der Waals surface area contributed by atoms with Crippen molar-refractivity contribution in [2.75, 3.05) is 12.3 Å². The Labute approximate surface area is 180 Å². The first-order valence-corrected chi connectivity index (χ1v) is 10.4. The zero-order valence-corrected chi connectivity index (χ0v) is 17.5. The second-order valence-electron chi connectivity index (χ2n) is 8.16. The zero-order valence-electron chi connectivity index (χ0n) is 17.5. The number of likely N-dealkylation sites (tertiary alicyclic amines) is 1. The van der Waals surface area contributed by atoms with Crippen LogP contribution in [0.1, 0.15) is 75.3 Å². The van der Waals surface area contributed by atoms with E-state index < -0.39 is 18.4 Å². The minimum atomic E-state index is -0.801. The van der Waals surface area contributed by atoms with Gasteiger partial charge in [-0.2, -0.15) is 0 Å². The molecule has 1 aliphatic carbocycles. The molecule has 2 aliphatic rings. The smallest absolute Gasteiger partial charge is 0.340 e. The molecule has 0 bridgehead atoms. The average Bonchev–Trinajstić information content (AvgIpc) is 2.75. The summed E-state index contributed by atoms with van der Waals surface area (Å²) in [5.41, 5.74) is 6.72. The van der Waals surface area contributed by atoms with Gasteiger partial charge in [0.25, 0.3) is 5.91 Å². The molecule has 31 heavy (non-hydrogen) atoms. The molecule has 0 spiro atoms. The van der Waals surface area contributed by atoms with Crippen LogP contribution in [0.2, 0.25) is 0 Å². The fourth-order valence-corrected chi connectivity index (χ4v) is 4.58. The lowest BCUT2D eigenvalue weighted by Gasteiger charge is -2.38. The molecule has 4 rings (SSSR count). The van der Waals surface area contributed by atoms with Crippen molar-refractivity contribution in [1.82, 2.24) is 4.90 Å². The van der Waals surface area contributed by atoms with Crippen molar-refractivity contribution in [1.29, 1.82) is 0 Å². The van der Waals surface area contributed by atoms with Gasteiger partial charge in [0.05, 0.1) is 16.8 Å². The van der Waals surface area contributed by atoms with E-state index in [0.717, 1.165) is 19.3 Å². The van der Waals surface area contributed by atoms with Gasteiger partial charge in [-0.25, -0.2) is 4.79 Å². The lowest BCUT2D eigenvalue weighted by atomic mass is 9.82. The number of nitrogen functional groups attached to an aromatic ring is 1. The van der Waals surface area contributed by atoms with Crippen LogP contribution in [0.25, 0.3) is 0 Å². The number of hydrogen-bond donors (Lipinski definition) is 1. The number of nitrogens with two attached hydrogens (primary N) is 1. The lowest BCUT2D eigenvalue weighted by molar-refractivity contribution is -0.140. The van der Waals surface area contributed by atoms with Crippen LogP contribution >= 0.6 is 0 Å². The van der Waals surface area contributed by atoms with Gasteiger partial charge < -0.3 is 15.4 Å². The van der Waals surface area contributed by atoms with E-state index in [9.17, 15) is 19.2 Å². The third kappa shape index (κ3) is 3.50. The highest BCUT2D eigenvalue weighted by molar-refractivity contribution is 6.30. The van der Waals surface area contributed by atoms with Gasteiger partial charge in [-0.15, -0.1) is 0 Å². The maximum atomic E-state index is 12.9. The van der Waals surface area contributed by atoms with E-state index in [1.54, 1.807) is 29.2 Å². The first-order valence-electron chi connectivity index (χ1n) is 10.4. The van der Waals surface area contributed by atoms with Gasteiger partial charge in [0, 0.05) is 28.8 Å². The first kappa shape index (κ1) is 20.8. The van der Waals surface area contributed by atoms with Crippen LogP contribution in [-0.4, -0.2) is 47.0 Å². The van der Waals surface area contributed by atoms with Gasteiger partial charge in [0.2, 0.25) is 0 Å². The summed E-state index contributed by atoms with van der Waals surface area (Å²) in [6.45, 7) is 3.56. The summed E-state index contributed by atoms with van der Waals surface area (Å²) < 4.78 is 5.24. The van der Waals surface area contributed by atoms with E-state index in [0.29, 0.717) is 5.56 Å². The van der Waals surface area contributed by atoms with E-state index >= 15 is 0 Å². The minimum absolute atomic E-state index is 0.00255. The molecular weight excluding hydrogens is 396 g/mol. The third-order valence-corrected chi connectivity index (χ3v) is 6.16. The topological polar surface area (TPSA) is 107 Å². The molecule has 1 heterocycles. The summed E-state index contributed by atoms with van der Waals surface area (Å²) in [6, 6.07) is 9.46. The maximum absolute atomic E-state index is 12.9. The summed E-state index contributed by atoms with van der Waals surface area (Å²) in [6.07, 6.45) is 2.90. The predicted octanol–water partition coefficient (Wildman–Crippen LogP) is 2.99. The number of anilines is 1. The van der Waals surface area contributed by atoms with Crippen molar-refractivity contribution >= 4 is 29.1 Å². The van der Waals surface area contributed by atoms with Crippen LogP contribution in [0.15, 0.2) is 36.4 Å². The van der Waals surface area contributed by atoms with Crippen molar-refractivity contribution < 1.29 is 23.9 Å². The van der Waals surface area contributed by atoms with Crippen LogP contribution in [0.4, 0.5) is 5.69 Å². The SMILES string of the molecule is C[C@@H]1CCC[C@H](C)N1C(=O)COC(=O)c1ccc2c(c1N)C(=O)c1ccccc1C2=O. The Morgan fingerprint density at radius 2 is 1.58 bits per heavy atom. The fourth-order valence-electron chi connectivity index (χ4n) is 4.58. The maximum Gasteiger partial charge on any atom is 0.340 e. The number of amides is 1. The highest BCUT2D eigenvalue weighted by Gasteiger charge is 2.34. The molecule has 160 valence electrons. The molecule has 2 aromatic rings. The zero-order chi connectivity index (χ0) is 22.3.